The topological polar surface area (TPSA) is 97.5 Å². The summed E-state index contributed by atoms with van der Waals surface area (Å²) in [5.41, 5.74) is 7.03. The van der Waals surface area contributed by atoms with Gasteiger partial charge in [0.15, 0.2) is 0 Å². The number of ether oxygens (including phenoxy) is 1. The second kappa shape index (κ2) is 11.4. The Morgan fingerprint density at radius 3 is 2.34 bits per heavy atom. The van der Waals surface area contributed by atoms with Crippen LogP contribution < -0.4 is 20.7 Å². The number of anilines is 2. The molecule has 1 aromatic carbocycles. The third-order valence-electron chi connectivity index (χ3n) is 4.92. The molecule has 3 N–H and O–H groups in total. The van der Waals surface area contributed by atoms with Crippen LogP contribution in [0.5, 0.6) is 5.88 Å². The maximum Gasteiger partial charge on any atom is 0.388 e. The summed E-state index contributed by atoms with van der Waals surface area (Å²) < 4.78 is 30.0. The summed E-state index contributed by atoms with van der Waals surface area (Å²) in [6, 6.07) is 10.7. The number of hydrogen-bond acceptors (Lipinski definition) is 4. The largest absolute Gasteiger partial charge is 0.415 e. The Hall–Kier alpha value is -3.23. The van der Waals surface area contributed by atoms with Crippen LogP contribution in [0, 0.1) is 6.92 Å². The Labute approximate surface area is 187 Å². The number of halogens is 2. The van der Waals surface area contributed by atoms with Crippen LogP contribution in [0.3, 0.4) is 0 Å². The van der Waals surface area contributed by atoms with Gasteiger partial charge in [0.1, 0.15) is 5.69 Å². The number of para-hydroxylation sites is 1. The molecular weight excluding hydrogens is 418 g/mol. The van der Waals surface area contributed by atoms with E-state index in [0.29, 0.717) is 5.69 Å². The number of rotatable bonds is 6. The highest BCUT2D eigenvalue weighted by Gasteiger charge is 2.32. The molecule has 1 aliphatic rings. The number of nitrogens with one attached hydrogen (secondary N) is 1. The van der Waals surface area contributed by atoms with E-state index in [2.05, 4.69) is 34.6 Å². The predicted molar refractivity (Wildman–Crippen MR) is 120 cm³/mol. The third kappa shape index (κ3) is 6.90. The molecule has 174 valence electrons. The van der Waals surface area contributed by atoms with Crippen LogP contribution in [0.4, 0.5) is 25.0 Å². The van der Waals surface area contributed by atoms with Gasteiger partial charge in [0, 0.05) is 24.3 Å². The molecule has 1 saturated carbocycles. The van der Waals surface area contributed by atoms with Crippen molar-refractivity contribution in [3.8, 4) is 5.88 Å². The number of nitrogens with zero attached hydrogens (tertiary/aromatic N) is 2. The Kier molecular flexibility index (Phi) is 8.92. The lowest BCUT2D eigenvalue weighted by Crippen LogP contribution is -2.47. The van der Waals surface area contributed by atoms with Crippen molar-refractivity contribution in [2.24, 2.45) is 5.73 Å². The minimum absolute atomic E-state index is 0.0813. The molecule has 0 saturated heterocycles. The first-order valence-electron chi connectivity index (χ1n) is 10.5. The highest BCUT2D eigenvalue weighted by molar-refractivity contribution is 6.03. The molecule has 0 radical (unpaired) electrons. The molecule has 0 atom stereocenters. The quantitative estimate of drug-likeness (QED) is 0.635. The number of pyridine rings is 1. The summed E-state index contributed by atoms with van der Waals surface area (Å²) in [6.45, 7) is 4.11. The van der Waals surface area contributed by atoms with E-state index in [1.54, 1.807) is 17.9 Å². The van der Waals surface area contributed by atoms with Gasteiger partial charge in [-0.25, -0.2) is 9.78 Å². The van der Waals surface area contributed by atoms with Gasteiger partial charge in [-0.15, -0.1) is 0 Å². The highest BCUT2D eigenvalue weighted by Crippen LogP contribution is 2.35. The van der Waals surface area contributed by atoms with Gasteiger partial charge in [0.2, 0.25) is 11.8 Å². The minimum Gasteiger partial charge on any atom is -0.415 e. The van der Waals surface area contributed by atoms with E-state index in [-0.39, 0.29) is 35.5 Å². The number of alkyl halides is 2. The fourth-order valence-corrected chi connectivity index (χ4v) is 3.29. The standard InChI is InChI=1S/C21H25F2N3O2.C2H5NO/c1-13(2)16-9-4-5-10-18(16)26(15-7-6-8-15)21(27)25-17-12-11-14(3)24-19(17)28-20(22)23;1-2(3)4/h4-5,9-13,15,20H,6-8H2,1-3H3,(H,25,27);1H3,(H2,3,4). The minimum atomic E-state index is -3.02. The van der Waals surface area contributed by atoms with Gasteiger partial charge in [0.25, 0.3) is 0 Å². The number of aryl methyl sites for hydroxylation is 1. The molecule has 32 heavy (non-hydrogen) atoms. The van der Waals surface area contributed by atoms with Crippen molar-refractivity contribution in [2.75, 3.05) is 10.2 Å². The fraction of sp³-hybridized carbons (Fsp3) is 0.435. The van der Waals surface area contributed by atoms with Crippen LogP contribution in [0.25, 0.3) is 0 Å². The van der Waals surface area contributed by atoms with Crippen LogP contribution in [-0.2, 0) is 4.79 Å². The van der Waals surface area contributed by atoms with E-state index >= 15 is 0 Å². The first-order valence-corrected chi connectivity index (χ1v) is 10.5. The zero-order chi connectivity index (χ0) is 23.8. The second-order valence-corrected chi connectivity index (χ2v) is 7.89. The van der Waals surface area contributed by atoms with Crippen LogP contribution in [0.2, 0.25) is 0 Å². The van der Waals surface area contributed by atoms with Gasteiger partial charge in [-0.1, -0.05) is 32.0 Å². The zero-order valence-electron chi connectivity index (χ0n) is 18.8. The molecule has 0 aliphatic heterocycles. The van der Waals surface area contributed by atoms with Crippen molar-refractivity contribution in [3.05, 3.63) is 47.7 Å². The van der Waals surface area contributed by atoms with E-state index in [0.717, 1.165) is 30.5 Å². The molecule has 0 bridgehead atoms. The zero-order valence-corrected chi connectivity index (χ0v) is 18.8. The van der Waals surface area contributed by atoms with Crippen molar-refractivity contribution >= 4 is 23.3 Å². The third-order valence-corrected chi connectivity index (χ3v) is 4.92. The van der Waals surface area contributed by atoms with Crippen molar-refractivity contribution in [1.29, 1.82) is 0 Å². The normalized spacial score (nSPS) is 13.1. The van der Waals surface area contributed by atoms with E-state index in [9.17, 15) is 18.4 Å². The lowest BCUT2D eigenvalue weighted by Gasteiger charge is -2.39. The SMILES string of the molecule is CC(N)=O.Cc1ccc(NC(=O)N(c2ccccc2C(C)C)C2CCC2)c(OC(F)F)n1. The monoisotopic (exact) mass is 448 g/mol. The molecule has 0 unspecified atom stereocenters. The van der Waals surface area contributed by atoms with Crippen molar-refractivity contribution in [1.82, 2.24) is 4.98 Å². The molecule has 0 spiro atoms. The van der Waals surface area contributed by atoms with Crippen molar-refractivity contribution in [2.45, 2.75) is 65.5 Å². The van der Waals surface area contributed by atoms with Gasteiger partial charge in [-0.05, 0) is 55.9 Å². The molecular formula is C23H30F2N4O3. The average Bonchev–Trinajstić information content (AvgIpc) is 2.65. The number of carbonyl (C=O) groups is 2. The number of amides is 3. The number of carbonyl (C=O) groups excluding carboxylic acids is 2. The summed E-state index contributed by atoms with van der Waals surface area (Å²) in [5, 5.41) is 2.72. The summed E-state index contributed by atoms with van der Waals surface area (Å²) in [4.78, 5) is 28.1. The van der Waals surface area contributed by atoms with Crippen LogP contribution in [-0.4, -0.2) is 29.6 Å². The van der Waals surface area contributed by atoms with E-state index < -0.39 is 6.61 Å². The lowest BCUT2D eigenvalue weighted by molar-refractivity contribution is -0.115. The Bertz CT molecular complexity index is 929. The van der Waals surface area contributed by atoms with Gasteiger partial charge in [0.05, 0.1) is 0 Å². The molecule has 2 aromatic rings. The summed E-state index contributed by atoms with van der Waals surface area (Å²) in [5.74, 6) is -0.376. The first kappa shape index (κ1) is 25.0. The summed E-state index contributed by atoms with van der Waals surface area (Å²) >= 11 is 0. The van der Waals surface area contributed by atoms with E-state index in [4.69, 9.17) is 0 Å². The van der Waals surface area contributed by atoms with Gasteiger partial charge in [-0.3, -0.25) is 9.69 Å². The highest BCUT2D eigenvalue weighted by atomic mass is 19.3. The second-order valence-electron chi connectivity index (χ2n) is 7.89. The fourth-order valence-electron chi connectivity index (χ4n) is 3.29. The van der Waals surface area contributed by atoms with Crippen molar-refractivity contribution in [3.63, 3.8) is 0 Å². The number of hydrogen-bond donors (Lipinski definition) is 2. The van der Waals surface area contributed by atoms with Gasteiger partial charge >= 0.3 is 12.6 Å². The molecule has 7 nitrogen and oxygen atoms in total. The average molecular weight is 449 g/mol. The maximum absolute atomic E-state index is 13.2. The molecule has 1 fully saturated rings. The number of primary amides is 1. The maximum atomic E-state index is 13.2. The predicted octanol–water partition coefficient (Wildman–Crippen LogP) is 5.20. The molecule has 3 amide bonds. The molecule has 1 heterocycles. The lowest BCUT2D eigenvalue weighted by atomic mass is 9.90. The van der Waals surface area contributed by atoms with Crippen LogP contribution in [0.15, 0.2) is 36.4 Å². The summed E-state index contributed by atoms with van der Waals surface area (Å²) in [6.07, 6.45) is 2.88. The summed E-state index contributed by atoms with van der Waals surface area (Å²) in [7, 11) is 0. The first-order chi connectivity index (χ1) is 15.1. The molecule has 1 aromatic heterocycles. The molecule has 1 aliphatic carbocycles. The number of nitrogens with two attached hydrogens (primary N) is 1. The number of aromatic nitrogens is 1. The Morgan fingerprint density at radius 2 is 1.81 bits per heavy atom. The van der Waals surface area contributed by atoms with Crippen LogP contribution in [0.1, 0.15) is 57.2 Å². The van der Waals surface area contributed by atoms with Gasteiger partial charge in [-0.2, -0.15) is 8.78 Å². The Balaban J connectivity index is 0.000000837. The van der Waals surface area contributed by atoms with Gasteiger partial charge < -0.3 is 15.8 Å². The molecule has 9 heteroatoms. The number of benzene rings is 1. The number of urea groups is 1. The Morgan fingerprint density at radius 1 is 1.19 bits per heavy atom. The van der Waals surface area contributed by atoms with E-state index in [1.165, 1.54) is 13.0 Å². The molecule has 3 rings (SSSR count). The van der Waals surface area contributed by atoms with Crippen molar-refractivity contribution < 1.29 is 23.1 Å². The smallest absolute Gasteiger partial charge is 0.388 e. The van der Waals surface area contributed by atoms with Crippen LogP contribution >= 0.6 is 0 Å². The van der Waals surface area contributed by atoms with E-state index in [1.807, 2.05) is 24.3 Å².